The molecule has 9 aromatic carbocycles. The van der Waals surface area contributed by atoms with E-state index in [4.69, 9.17) is 0 Å². The Hall–Kier alpha value is -6.42. The first kappa shape index (κ1) is 35.0. The van der Waals surface area contributed by atoms with Crippen LogP contribution < -0.4 is 0 Å². The fraction of sp³-hybridized carbons (Fsp3) is 0.0943. The molecule has 9 rings (SSSR count). The zero-order chi connectivity index (χ0) is 36.4. The number of rotatable bonds is 5. The second-order valence-corrected chi connectivity index (χ2v) is 13.4. The van der Waals surface area contributed by atoms with Gasteiger partial charge >= 0.3 is 0 Å². The van der Waals surface area contributed by atoms with Crippen molar-refractivity contribution in [2.45, 2.75) is 33.6 Å². The summed E-state index contributed by atoms with van der Waals surface area (Å²) in [7, 11) is 0. The van der Waals surface area contributed by atoms with Crippen LogP contribution in [-0.2, 0) is 12.8 Å². The molecule has 0 N–H and O–H groups in total. The maximum Gasteiger partial charge on any atom is 0.0406 e. The van der Waals surface area contributed by atoms with Crippen molar-refractivity contribution >= 4 is 32.3 Å². The van der Waals surface area contributed by atoms with Gasteiger partial charge in [0, 0.05) is 16.5 Å². The van der Waals surface area contributed by atoms with Crippen LogP contribution in [0.4, 0.5) is 0 Å². The molecule has 9 aromatic rings. The van der Waals surface area contributed by atoms with Crippen LogP contribution in [0.5, 0.6) is 0 Å². The zero-order valence-electron chi connectivity index (χ0n) is 30.8. The van der Waals surface area contributed by atoms with Gasteiger partial charge in [-0.3, -0.25) is 0 Å². The van der Waals surface area contributed by atoms with Crippen LogP contribution in [0.1, 0.15) is 30.5 Å². The van der Waals surface area contributed by atoms with E-state index >= 15 is 0 Å². The minimum Gasteiger partial charge on any atom is -0.0622 e. The Kier molecular flexibility index (Phi) is 11.1. The summed E-state index contributed by atoms with van der Waals surface area (Å²) in [6.07, 6.45) is 2.18. The first-order chi connectivity index (χ1) is 26.1. The van der Waals surface area contributed by atoms with E-state index in [0.717, 1.165) is 23.8 Å². The molecule has 0 aliphatic rings. The summed E-state index contributed by atoms with van der Waals surface area (Å²) in [4.78, 5) is 0. The smallest absolute Gasteiger partial charge is 0.0406 e. The van der Waals surface area contributed by atoms with Crippen LogP contribution in [0.2, 0.25) is 0 Å². The lowest BCUT2D eigenvalue weighted by molar-refractivity contribution is 1.14. The molecule has 0 radical (unpaired) electrons. The topological polar surface area (TPSA) is 0 Å². The van der Waals surface area contributed by atoms with Crippen molar-refractivity contribution < 1.29 is 0 Å². The molecule has 0 saturated carbocycles. The van der Waals surface area contributed by atoms with E-state index in [1.807, 2.05) is 12.1 Å². The van der Waals surface area contributed by atoms with E-state index in [1.54, 1.807) is 0 Å². The van der Waals surface area contributed by atoms with Gasteiger partial charge in [-0.2, -0.15) is 0 Å². The SMILES string of the molecule is CCc1ccc(-c2c(-c3ccc4c(ccc5ccccc54)c3)c#cc3ccccc23)cc1.CCc1ccccc1.Cc1ccc(-c2ccccc2)cc1. The maximum atomic E-state index is 3.50. The molecule has 0 nitrogen and oxygen atoms in total. The third-order valence-corrected chi connectivity index (χ3v) is 9.86. The molecule has 0 aromatic heterocycles. The zero-order valence-corrected chi connectivity index (χ0v) is 30.8. The van der Waals surface area contributed by atoms with Gasteiger partial charge < -0.3 is 0 Å². The summed E-state index contributed by atoms with van der Waals surface area (Å²) in [5.74, 6) is 0. The standard InChI is InChI=1S/C32H22.C13H12.C8H10/c1-2-22-11-13-25(14-12-22)32-30-10-6-4-8-24(30)17-20-31(32)27-18-19-29-26(21-27)16-15-23-7-3-5-9-28(23)29;1-11-7-9-13(10-8-11)12-5-3-2-4-6-12;1-2-8-6-4-3-5-7-8/h3-16,18-19,21H,2H2,1H3;2-10H,1H3;3-7H,2H2,1H3. The summed E-state index contributed by atoms with van der Waals surface area (Å²) in [6, 6.07) is 73.6. The predicted octanol–water partition coefficient (Wildman–Crippen LogP) is 14.6. The van der Waals surface area contributed by atoms with Crippen LogP contribution in [0.3, 0.4) is 0 Å². The quantitative estimate of drug-likeness (QED) is 0.159. The fourth-order valence-electron chi connectivity index (χ4n) is 6.82. The van der Waals surface area contributed by atoms with E-state index in [9.17, 15) is 0 Å². The van der Waals surface area contributed by atoms with Gasteiger partial charge in [-0.25, -0.2) is 0 Å². The highest BCUT2D eigenvalue weighted by molar-refractivity contribution is 6.09. The first-order valence-electron chi connectivity index (χ1n) is 18.6. The molecule has 0 bridgehead atoms. The van der Waals surface area contributed by atoms with Gasteiger partial charge in [0.25, 0.3) is 0 Å². The molecule has 0 aliphatic carbocycles. The van der Waals surface area contributed by atoms with Crippen LogP contribution in [0.15, 0.2) is 188 Å². The van der Waals surface area contributed by atoms with Crippen molar-refractivity contribution in [3.05, 3.63) is 217 Å². The largest absolute Gasteiger partial charge is 0.0622 e. The van der Waals surface area contributed by atoms with Gasteiger partial charge in [0.15, 0.2) is 0 Å². The maximum absolute atomic E-state index is 3.50. The highest BCUT2D eigenvalue weighted by Crippen LogP contribution is 2.38. The van der Waals surface area contributed by atoms with Crippen molar-refractivity contribution in [3.8, 4) is 33.4 Å². The van der Waals surface area contributed by atoms with E-state index in [1.165, 1.54) is 71.4 Å². The summed E-state index contributed by atoms with van der Waals surface area (Å²) < 4.78 is 0. The fourth-order valence-corrected chi connectivity index (χ4v) is 6.82. The number of fused-ring (bicyclic) bond motifs is 4. The molecule has 0 atom stereocenters. The van der Waals surface area contributed by atoms with Crippen molar-refractivity contribution in [1.29, 1.82) is 0 Å². The van der Waals surface area contributed by atoms with E-state index < -0.39 is 0 Å². The van der Waals surface area contributed by atoms with E-state index in [0.29, 0.717) is 0 Å². The lowest BCUT2D eigenvalue weighted by Crippen LogP contribution is -1.88. The van der Waals surface area contributed by atoms with Gasteiger partial charge in [-0.15, -0.1) is 0 Å². The molecule has 53 heavy (non-hydrogen) atoms. The van der Waals surface area contributed by atoms with Gasteiger partial charge in [0.2, 0.25) is 0 Å². The van der Waals surface area contributed by atoms with Gasteiger partial charge in [-0.05, 0) is 92.2 Å². The van der Waals surface area contributed by atoms with E-state index in [2.05, 4.69) is 209 Å². The second kappa shape index (κ2) is 16.7. The normalized spacial score (nSPS) is 10.5. The Morgan fingerprint density at radius 2 is 0.906 bits per heavy atom. The Morgan fingerprint density at radius 3 is 1.60 bits per heavy atom. The monoisotopic (exact) mass is 680 g/mol. The highest BCUT2D eigenvalue weighted by Gasteiger charge is 2.13. The van der Waals surface area contributed by atoms with Crippen molar-refractivity contribution in [1.82, 2.24) is 0 Å². The average molecular weight is 681 g/mol. The second-order valence-electron chi connectivity index (χ2n) is 13.4. The lowest BCUT2D eigenvalue weighted by atomic mass is 9.89. The van der Waals surface area contributed by atoms with Crippen LogP contribution in [0, 0.1) is 19.1 Å². The van der Waals surface area contributed by atoms with E-state index in [-0.39, 0.29) is 0 Å². The molecule has 0 aliphatic heterocycles. The summed E-state index contributed by atoms with van der Waals surface area (Å²) >= 11 is 0. The predicted molar refractivity (Wildman–Crippen MR) is 229 cm³/mol. The number of hydrogen-bond acceptors (Lipinski definition) is 0. The molecule has 0 amide bonds. The minimum absolute atomic E-state index is 1.04. The summed E-state index contributed by atoms with van der Waals surface area (Å²) in [5.41, 5.74) is 11.3. The molecule has 0 heteroatoms. The van der Waals surface area contributed by atoms with Crippen molar-refractivity contribution in [2.75, 3.05) is 0 Å². The number of hydrogen-bond donors (Lipinski definition) is 0. The molecular weight excluding hydrogens is 637 g/mol. The molecule has 0 fully saturated rings. The molecule has 0 spiro atoms. The lowest BCUT2D eigenvalue weighted by Gasteiger charge is -2.13. The third kappa shape index (κ3) is 8.23. The Morgan fingerprint density at radius 1 is 0.377 bits per heavy atom. The molecule has 0 saturated heterocycles. The Labute approximate surface area is 315 Å². The van der Waals surface area contributed by atoms with Crippen molar-refractivity contribution in [2.24, 2.45) is 0 Å². The molecule has 0 unspecified atom stereocenters. The third-order valence-electron chi connectivity index (χ3n) is 9.86. The Balaban J connectivity index is 0.000000169. The molecule has 256 valence electrons. The highest BCUT2D eigenvalue weighted by atomic mass is 14.2. The Bertz CT molecular complexity index is 2540. The summed E-state index contributed by atoms with van der Waals surface area (Å²) in [6.45, 7) is 6.46. The van der Waals surface area contributed by atoms with Gasteiger partial charge in [0.1, 0.15) is 0 Å². The van der Waals surface area contributed by atoms with Gasteiger partial charge in [0.05, 0.1) is 0 Å². The summed E-state index contributed by atoms with van der Waals surface area (Å²) in [5, 5.41) is 7.40. The molecule has 0 heterocycles. The van der Waals surface area contributed by atoms with Crippen LogP contribution in [-0.4, -0.2) is 0 Å². The molecular formula is C53H44. The van der Waals surface area contributed by atoms with Gasteiger partial charge in [-0.1, -0.05) is 207 Å². The van der Waals surface area contributed by atoms with Crippen LogP contribution in [0.25, 0.3) is 65.7 Å². The van der Waals surface area contributed by atoms with Crippen molar-refractivity contribution in [3.63, 3.8) is 0 Å². The number of benzene rings is 8. The average Bonchev–Trinajstić information content (AvgIpc) is 3.24. The van der Waals surface area contributed by atoms with Crippen LogP contribution >= 0.6 is 0 Å². The first-order valence-corrected chi connectivity index (χ1v) is 18.6. The number of aryl methyl sites for hydroxylation is 3. The minimum atomic E-state index is 1.04.